The third-order valence-electron chi connectivity index (χ3n) is 1.98. The van der Waals surface area contributed by atoms with E-state index in [0.29, 0.717) is 0 Å². The third kappa shape index (κ3) is 1.94. The Bertz CT molecular complexity index is 97.6. The molecule has 0 radical (unpaired) electrons. The Hall–Kier alpha value is -0.120. The molecule has 1 aliphatic heterocycles. The van der Waals surface area contributed by atoms with Gasteiger partial charge < -0.3 is 15.5 Å². The van der Waals surface area contributed by atoms with Crippen LogP contribution in [0, 0.1) is 0 Å². The Morgan fingerprint density at radius 1 is 1.50 bits per heavy atom. The van der Waals surface area contributed by atoms with Crippen molar-refractivity contribution in [2.24, 2.45) is 0 Å². The van der Waals surface area contributed by atoms with Gasteiger partial charge in [0.25, 0.3) is 0 Å². The Balaban J connectivity index is 2.14. The number of hydrogen-bond acceptors (Lipinski definition) is 3. The highest BCUT2D eigenvalue weighted by molar-refractivity contribution is 4.82. The standard InChI is InChI=1S/C7H15NO2/c9-5-1-2-6-7(10)3-4-8-6/h6-10H,1-5H2/t6-,7+/m0/s1. The van der Waals surface area contributed by atoms with Crippen LogP contribution >= 0.6 is 0 Å². The molecule has 0 amide bonds. The second kappa shape index (κ2) is 3.91. The zero-order valence-corrected chi connectivity index (χ0v) is 6.08. The molecule has 1 saturated heterocycles. The van der Waals surface area contributed by atoms with Gasteiger partial charge in [-0.3, -0.25) is 0 Å². The molecule has 0 aromatic heterocycles. The van der Waals surface area contributed by atoms with Crippen LogP contribution in [-0.2, 0) is 0 Å². The first-order chi connectivity index (χ1) is 4.84. The van der Waals surface area contributed by atoms with Gasteiger partial charge in [-0.25, -0.2) is 0 Å². The summed E-state index contributed by atoms with van der Waals surface area (Å²) in [6.07, 6.45) is 2.34. The Kier molecular flexibility index (Phi) is 3.12. The van der Waals surface area contributed by atoms with E-state index in [1.807, 2.05) is 0 Å². The maximum absolute atomic E-state index is 9.27. The Labute approximate surface area is 61.1 Å². The summed E-state index contributed by atoms with van der Waals surface area (Å²) in [4.78, 5) is 0. The van der Waals surface area contributed by atoms with E-state index in [1.54, 1.807) is 0 Å². The summed E-state index contributed by atoms with van der Waals surface area (Å²) in [6.45, 7) is 1.14. The van der Waals surface area contributed by atoms with Gasteiger partial charge in [0.2, 0.25) is 0 Å². The van der Waals surface area contributed by atoms with Crippen molar-refractivity contribution in [1.82, 2.24) is 5.32 Å². The number of hydrogen-bond donors (Lipinski definition) is 3. The van der Waals surface area contributed by atoms with Crippen LogP contribution in [0.1, 0.15) is 19.3 Å². The lowest BCUT2D eigenvalue weighted by Gasteiger charge is -2.12. The predicted molar refractivity (Wildman–Crippen MR) is 38.7 cm³/mol. The maximum Gasteiger partial charge on any atom is 0.0705 e. The van der Waals surface area contributed by atoms with Gasteiger partial charge in [0.15, 0.2) is 0 Å². The number of nitrogens with one attached hydrogen (secondary N) is 1. The van der Waals surface area contributed by atoms with Crippen molar-refractivity contribution >= 4 is 0 Å². The second-order valence-electron chi connectivity index (χ2n) is 2.78. The van der Waals surface area contributed by atoms with Gasteiger partial charge >= 0.3 is 0 Å². The number of rotatable bonds is 3. The molecule has 0 aromatic rings. The topological polar surface area (TPSA) is 52.5 Å². The van der Waals surface area contributed by atoms with Crippen molar-refractivity contribution in [2.45, 2.75) is 31.4 Å². The summed E-state index contributed by atoms with van der Waals surface area (Å²) in [6, 6.07) is 0.229. The van der Waals surface area contributed by atoms with Gasteiger partial charge in [0, 0.05) is 12.6 Å². The predicted octanol–water partition coefficient (Wildman–Crippen LogP) is -0.518. The minimum absolute atomic E-state index is 0.188. The smallest absolute Gasteiger partial charge is 0.0705 e. The normalized spacial score (nSPS) is 33.0. The molecule has 0 saturated carbocycles. The van der Waals surface area contributed by atoms with Gasteiger partial charge in [0.05, 0.1) is 6.10 Å². The first kappa shape index (κ1) is 7.98. The van der Waals surface area contributed by atoms with Gasteiger partial charge in [-0.15, -0.1) is 0 Å². The lowest BCUT2D eigenvalue weighted by atomic mass is 10.1. The van der Waals surface area contributed by atoms with E-state index in [0.717, 1.165) is 25.8 Å². The van der Waals surface area contributed by atoms with Crippen LogP contribution in [0.4, 0.5) is 0 Å². The van der Waals surface area contributed by atoms with Crippen molar-refractivity contribution in [3.8, 4) is 0 Å². The molecule has 0 aliphatic carbocycles. The van der Waals surface area contributed by atoms with E-state index in [2.05, 4.69) is 5.32 Å². The van der Waals surface area contributed by atoms with E-state index in [9.17, 15) is 5.11 Å². The van der Waals surface area contributed by atoms with E-state index >= 15 is 0 Å². The maximum atomic E-state index is 9.27. The van der Waals surface area contributed by atoms with Crippen LogP contribution in [0.2, 0.25) is 0 Å². The molecule has 0 unspecified atom stereocenters. The summed E-state index contributed by atoms with van der Waals surface area (Å²) in [5.41, 5.74) is 0. The van der Waals surface area contributed by atoms with Gasteiger partial charge in [-0.2, -0.15) is 0 Å². The summed E-state index contributed by atoms with van der Waals surface area (Å²) in [7, 11) is 0. The van der Waals surface area contributed by atoms with Gasteiger partial charge in [-0.05, 0) is 25.8 Å². The van der Waals surface area contributed by atoms with Crippen LogP contribution in [0.15, 0.2) is 0 Å². The van der Waals surface area contributed by atoms with Crippen LogP contribution < -0.4 is 5.32 Å². The van der Waals surface area contributed by atoms with Crippen molar-refractivity contribution in [2.75, 3.05) is 13.2 Å². The monoisotopic (exact) mass is 145 g/mol. The van der Waals surface area contributed by atoms with Crippen molar-refractivity contribution in [3.63, 3.8) is 0 Å². The molecule has 0 bridgehead atoms. The van der Waals surface area contributed by atoms with E-state index in [4.69, 9.17) is 5.11 Å². The number of aliphatic hydroxyl groups is 2. The van der Waals surface area contributed by atoms with Crippen LogP contribution in [0.5, 0.6) is 0 Å². The number of aliphatic hydroxyl groups excluding tert-OH is 2. The average Bonchev–Trinajstić information content (AvgIpc) is 2.31. The summed E-state index contributed by atoms with van der Waals surface area (Å²) >= 11 is 0. The minimum atomic E-state index is -0.188. The van der Waals surface area contributed by atoms with Crippen LogP contribution in [-0.4, -0.2) is 35.5 Å². The summed E-state index contributed by atoms with van der Waals surface area (Å²) in [5.74, 6) is 0. The highest BCUT2D eigenvalue weighted by atomic mass is 16.3. The molecule has 1 fully saturated rings. The lowest BCUT2D eigenvalue weighted by Crippen LogP contribution is -2.30. The fraction of sp³-hybridized carbons (Fsp3) is 1.00. The van der Waals surface area contributed by atoms with Crippen molar-refractivity contribution in [3.05, 3.63) is 0 Å². The highest BCUT2D eigenvalue weighted by Gasteiger charge is 2.23. The molecule has 3 N–H and O–H groups in total. The fourth-order valence-corrected chi connectivity index (χ4v) is 1.36. The van der Waals surface area contributed by atoms with Crippen LogP contribution in [0.25, 0.3) is 0 Å². The molecule has 1 heterocycles. The fourth-order valence-electron chi connectivity index (χ4n) is 1.36. The largest absolute Gasteiger partial charge is 0.396 e. The summed E-state index contributed by atoms with van der Waals surface area (Å²) in [5, 5.41) is 21.0. The molecular formula is C7H15NO2. The van der Waals surface area contributed by atoms with E-state index in [1.165, 1.54) is 0 Å². The zero-order valence-electron chi connectivity index (χ0n) is 6.08. The first-order valence-electron chi connectivity index (χ1n) is 3.87. The van der Waals surface area contributed by atoms with Crippen molar-refractivity contribution < 1.29 is 10.2 Å². The molecule has 60 valence electrons. The Morgan fingerprint density at radius 2 is 2.30 bits per heavy atom. The van der Waals surface area contributed by atoms with Crippen LogP contribution in [0.3, 0.4) is 0 Å². The highest BCUT2D eigenvalue weighted by Crippen LogP contribution is 2.11. The molecule has 2 atom stereocenters. The van der Waals surface area contributed by atoms with Crippen molar-refractivity contribution in [1.29, 1.82) is 0 Å². The average molecular weight is 145 g/mol. The Morgan fingerprint density at radius 3 is 2.80 bits per heavy atom. The molecular weight excluding hydrogens is 130 g/mol. The van der Waals surface area contributed by atoms with E-state index in [-0.39, 0.29) is 18.8 Å². The minimum Gasteiger partial charge on any atom is -0.396 e. The molecule has 3 heteroatoms. The third-order valence-corrected chi connectivity index (χ3v) is 1.98. The molecule has 10 heavy (non-hydrogen) atoms. The summed E-state index contributed by atoms with van der Waals surface area (Å²) < 4.78 is 0. The second-order valence-corrected chi connectivity index (χ2v) is 2.78. The quantitative estimate of drug-likeness (QED) is 0.501. The molecule has 3 nitrogen and oxygen atoms in total. The van der Waals surface area contributed by atoms with E-state index < -0.39 is 0 Å². The molecule has 1 aliphatic rings. The molecule has 0 spiro atoms. The SMILES string of the molecule is OCCC[C@@H]1NCC[C@H]1O. The molecule has 1 rings (SSSR count). The van der Waals surface area contributed by atoms with Gasteiger partial charge in [0.1, 0.15) is 0 Å². The first-order valence-corrected chi connectivity index (χ1v) is 3.87. The molecule has 0 aromatic carbocycles. The lowest BCUT2D eigenvalue weighted by molar-refractivity contribution is 0.149. The zero-order chi connectivity index (χ0) is 7.40. The van der Waals surface area contributed by atoms with Gasteiger partial charge in [-0.1, -0.05) is 0 Å².